The van der Waals surface area contributed by atoms with Crippen molar-refractivity contribution in [2.75, 3.05) is 0 Å². The quantitative estimate of drug-likeness (QED) is 0.617. The van der Waals surface area contributed by atoms with E-state index in [9.17, 15) is 17.7 Å². The monoisotopic (exact) mass is 278 g/mol. The number of hydrogen-bond acceptors (Lipinski definition) is 3. The second-order valence-electron chi connectivity index (χ2n) is 4.57. The van der Waals surface area contributed by atoms with Gasteiger partial charge in [0.25, 0.3) is 0 Å². The van der Waals surface area contributed by atoms with E-state index in [2.05, 4.69) is 9.38 Å². The molecular formula is C11H13F3N2OS. The van der Waals surface area contributed by atoms with Gasteiger partial charge in [-0.1, -0.05) is 4.40 Å². The Morgan fingerprint density at radius 3 is 2.28 bits per heavy atom. The van der Waals surface area contributed by atoms with Crippen LogP contribution in [0.5, 0.6) is 0 Å². The minimum atomic E-state index is -4.41. The van der Waals surface area contributed by atoms with Crippen molar-refractivity contribution in [3.05, 3.63) is 29.6 Å². The first-order chi connectivity index (χ1) is 8.10. The third-order valence-electron chi connectivity index (χ3n) is 1.92. The number of nitrogens with zero attached hydrogens (tertiary/aromatic N) is 2. The molecule has 100 valence electrons. The van der Waals surface area contributed by atoms with Crippen molar-refractivity contribution in [1.82, 2.24) is 4.98 Å². The Bertz CT molecular complexity index is 423. The summed E-state index contributed by atoms with van der Waals surface area (Å²) in [5.74, 6) is 0. The van der Waals surface area contributed by atoms with E-state index < -0.39 is 27.8 Å². The SMILES string of the molecule is CC(C)(C)[S+]([O-])/N=C/c1ccc(C(F)(F)F)cn1. The molecule has 3 nitrogen and oxygen atoms in total. The van der Waals surface area contributed by atoms with E-state index in [4.69, 9.17) is 0 Å². The van der Waals surface area contributed by atoms with Gasteiger partial charge in [-0.15, -0.1) is 0 Å². The van der Waals surface area contributed by atoms with Crippen LogP contribution >= 0.6 is 0 Å². The molecule has 0 aliphatic rings. The van der Waals surface area contributed by atoms with Gasteiger partial charge in [0.15, 0.2) is 0 Å². The van der Waals surface area contributed by atoms with Gasteiger partial charge in [0.2, 0.25) is 0 Å². The molecule has 0 aromatic carbocycles. The highest BCUT2D eigenvalue weighted by Gasteiger charge is 2.30. The average molecular weight is 278 g/mol. The lowest BCUT2D eigenvalue weighted by Gasteiger charge is -2.17. The van der Waals surface area contributed by atoms with Gasteiger partial charge in [0.05, 0.1) is 11.3 Å². The van der Waals surface area contributed by atoms with Crippen molar-refractivity contribution >= 4 is 17.6 Å². The third-order valence-corrected chi connectivity index (χ3v) is 3.26. The fraction of sp³-hybridized carbons (Fsp3) is 0.455. The van der Waals surface area contributed by atoms with E-state index in [1.165, 1.54) is 12.3 Å². The molecule has 0 bridgehead atoms. The van der Waals surface area contributed by atoms with Crippen molar-refractivity contribution in [2.24, 2.45) is 4.40 Å². The lowest BCUT2D eigenvalue weighted by molar-refractivity contribution is -0.137. The second-order valence-corrected chi connectivity index (χ2v) is 6.50. The van der Waals surface area contributed by atoms with Gasteiger partial charge in [0, 0.05) is 6.20 Å². The van der Waals surface area contributed by atoms with Gasteiger partial charge in [-0.3, -0.25) is 4.98 Å². The number of hydrogen-bond donors (Lipinski definition) is 0. The molecule has 0 aliphatic heterocycles. The average Bonchev–Trinajstić information content (AvgIpc) is 2.24. The standard InChI is InChI=1S/C11H13F3N2OS/c1-10(2,3)18(17)16-7-9-5-4-8(6-15-9)11(12,13)14/h4-7H,1-3H3/b16-7+. The summed E-state index contributed by atoms with van der Waals surface area (Å²) in [6, 6.07) is 2.10. The molecule has 1 heterocycles. The number of rotatable bonds is 2. The Labute approximate surface area is 106 Å². The molecule has 0 spiro atoms. The molecule has 0 fully saturated rings. The molecule has 1 aromatic rings. The van der Waals surface area contributed by atoms with Gasteiger partial charge in [0.1, 0.15) is 22.3 Å². The lowest BCUT2D eigenvalue weighted by atomic mass is 10.2. The van der Waals surface area contributed by atoms with Gasteiger partial charge >= 0.3 is 6.18 Å². The summed E-state index contributed by atoms with van der Waals surface area (Å²) in [5, 5.41) is 0. The molecule has 0 saturated carbocycles. The van der Waals surface area contributed by atoms with Crippen molar-refractivity contribution < 1.29 is 17.7 Å². The summed E-state index contributed by atoms with van der Waals surface area (Å²) in [4.78, 5) is 3.60. The zero-order chi connectivity index (χ0) is 14.0. The Hall–Kier alpha value is -1.08. The van der Waals surface area contributed by atoms with Gasteiger partial charge in [-0.2, -0.15) is 13.2 Å². The summed E-state index contributed by atoms with van der Waals surface area (Å²) in [6.45, 7) is 5.25. The van der Waals surface area contributed by atoms with Gasteiger partial charge in [-0.25, -0.2) is 0 Å². The first-order valence-corrected chi connectivity index (χ1v) is 6.21. The summed E-state index contributed by atoms with van der Waals surface area (Å²) < 4.78 is 51.6. The predicted molar refractivity (Wildman–Crippen MR) is 64.7 cm³/mol. The van der Waals surface area contributed by atoms with Crippen LogP contribution in [0.4, 0.5) is 13.2 Å². The molecular weight excluding hydrogens is 265 g/mol. The molecule has 1 unspecified atom stereocenters. The maximum absolute atomic E-state index is 12.3. The highest BCUT2D eigenvalue weighted by molar-refractivity contribution is 7.91. The number of aromatic nitrogens is 1. The lowest BCUT2D eigenvalue weighted by Crippen LogP contribution is -2.25. The van der Waals surface area contributed by atoms with Crippen LogP contribution in [-0.4, -0.2) is 20.5 Å². The fourth-order valence-corrected chi connectivity index (χ4v) is 1.43. The third kappa shape index (κ3) is 4.30. The Morgan fingerprint density at radius 1 is 1.28 bits per heavy atom. The molecule has 0 saturated heterocycles. The highest BCUT2D eigenvalue weighted by atomic mass is 32.2. The summed E-state index contributed by atoms with van der Waals surface area (Å²) >= 11 is -1.45. The predicted octanol–water partition coefficient (Wildman–Crippen LogP) is 2.98. The molecule has 1 aromatic heterocycles. The van der Waals surface area contributed by atoms with Gasteiger partial charge < -0.3 is 4.55 Å². The molecule has 0 aliphatic carbocycles. The smallest absolute Gasteiger partial charge is 0.417 e. The minimum Gasteiger partial charge on any atom is -0.591 e. The zero-order valence-electron chi connectivity index (χ0n) is 10.2. The van der Waals surface area contributed by atoms with Crippen LogP contribution in [0.3, 0.4) is 0 Å². The van der Waals surface area contributed by atoms with Crippen LogP contribution in [0.2, 0.25) is 0 Å². The van der Waals surface area contributed by atoms with E-state index in [-0.39, 0.29) is 5.69 Å². The van der Waals surface area contributed by atoms with E-state index in [0.717, 1.165) is 12.3 Å². The van der Waals surface area contributed by atoms with Crippen LogP contribution in [0.25, 0.3) is 0 Å². The largest absolute Gasteiger partial charge is 0.591 e. The minimum absolute atomic E-state index is 0.237. The van der Waals surface area contributed by atoms with E-state index in [1.807, 2.05) is 0 Å². The van der Waals surface area contributed by atoms with Crippen LogP contribution < -0.4 is 0 Å². The van der Waals surface area contributed by atoms with E-state index in [1.54, 1.807) is 20.8 Å². The Kier molecular flexibility index (Phi) is 4.39. The van der Waals surface area contributed by atoms with Crippen molar-refractivity contribution in [3.8, 4) is 0 Å². The van der Waals surface area contributed by atoms with E-state index in [0.29, 0.717) is 0 Å². The van der Waals surface area contributed by atoms with Crippen molar-refractivity contribution in [2.45, 2.75) is 31.7 Å². The summed E-state index contributed by atoms with van der Waals surface area (Å²) in [5.41, 5.74) is -0.586. The molecule has 1 rings (SSSR count). The van der Waals surface area contributed by atoms with Gasteiger partial charge in [-0.05, 0) is 32.9 Å². The summed E-state index contributed by atoms with van der Waals surface area (Å²) in [7, 11) is 0. The molecule has 0 radical (unpaired) electrons. The maximum Gasteiger partial charge on any atom is 0.417 e. The number of pyridine rings is 1. The fourth-order valence-electron chi connectivity index (χ4n) is 0.909. The van der Waals surface area contributed by atoms with E-state index >= 15 is 0 Å². The van der Waals surface area contributed by atoms with Crippen LogP contribution in [0.1, 0.15) is 32.0 Å². The highest BCUT2D eigenvalue weighted by Crippen LogP contribution is 2.28. The second kappa shape index (κ2) is 5.27. The van der Waals surface area contributed by atoms with Crippen molar-refractivity contribution in [1.29, 1.82) is 0 Å². The van der Waals surface area contributed by atoms with Crippen LogP contribution in [-0.2, 0) is 17.5 Å². The molecule has 7 heteroatoms. The number of halogens is 3. The Morgan fingerprint density at radius 2 is 1.89 bits per heavy atom. The normalized spacial score (nSPS) is 15.1. The first kappa shape index (κ1) is 15.0. The van der Waals surface area contributed by atoms with Crippen LogP contribution in [0, 0.1) is 0 Å². The first-order valence-electron chi connectivity index (χ1n) is 5.10. The van der Waals surface area contributed by atoms with Crippen molar-refractivity contribution in [3.63, 3.8) is 0 Å². The topological polar surface area (TPSA) is 48.3 Å². The zero-order valence-corrected chi connectivity index (χ0v) is 11.0. The maximum atomic E-state index is 12.3. The molecule has 0 N–H and O–H groups in total. The molecule has 1 atom stereocenters. The number of alkyl halides is 3. The Balaban J connectivity index is 2.79. The molecule has 18 heavy (non-hydrogen) atoms. The summed E-state index contributed by atoms with van der Waals surface area (Å²) in [6.07, 6.45) is -2.47. The molecule has 0 amide bonds. The van der Waals surface area contributed by atoms with Crippen LogP contribution in [0.15, 0.2) is 22.7 Å².